The molecule has 2 rings (SSSR count). The van der Waals surface area contributed by atoms with Gasteiger partial charge in [-0.3, -0.25) is 4.57 Å². The molecular weight excluding hydrogens is 226 g/mol. The average Bonchev–Trinajstić information content (AvgIpc) is 2.72. The topological polar surface area (TPSA) is 55.6 Å². The summed E-state index contributed by atoms with van der Waals surface area (Å²) < 4.78 is 1.95. The fourth-order valence-electron chi connectivity index (χ4n) is 1.70. The van der Waals surface area contributed by atoms with E-state index in [1.165, 1.54) is 0 Å². The van der Waals surface area contributed by atoms with Gasteiger partial charge in [0.05, 0.1) is 11.4 Å². The Morgan fingerprint density at radius 2 is 2.06 bits per heavy atom. The first kappa shape index (κ1) is 12.7. The van der Waals surface area contributed by atoms with Crippen LogP contribution >= 0.6 is 0 Å². The Labute approximate surface area is 107 Å². The molecule has 0 atom stereocenters. The van der Waals surface area contributed by atoms with E-state index in [9.17, 15) is 0 Å². The van der Waals surface area contributed by atoms with Crippen LogP contribution in [0.5, 0.6) is 0 Å². The molecule has 2 heterocycles. The second-order valence-corrected chi connectivity index (χ2v) is 4.35. The van der Waals surface area contributed by atoms with Gasteiger partial charge in [-0.1, -0.05) is 6.92 Å². The van der Waals surface area contributed by atoms with Crippen LogP contribution in [0.15, 0.2) is 18.5 Å². The molecule has 2 aromatic rings. The van der Waals surface area contributed by atoms with Crippen molar-refractivity contribution >= 4 is 0 Å². The van der Waals surface area contributed by atoms with Crippen LogP contribution in [0.3, 0.4) is 0 Å². The first-order valence-corrected chi connectivity index (χ1v) is 6.26. The number of nitrogens with one attached hydrogen (secondary N) is 1. The molecule has 0 aromatic carbocycles. The molecule has 18 heavy (non-hydrogen) atoms. The van der Waals surface area contributed by atoms with Crippen LogP contribution in [-0.4, -0.2) is 26.3 Å². The molecular formula is C13H19N5. The van der Waals surface area contributed by atoms with E-state index in [0.29, 0.717) is 0 Å². The van der Waals surface area contributed by atoms with E-state index in [1.807, 2.05) is 30.5 Å². The van der Waals surface area contributed by atoms with Gasteiger partial charge in [-0.15, -0.1) is 5.10 Å². The summed E-state index contributed by atoms with van der Waals surface area (Å²) in [5.74, 6) is 0.812. The molecule has 0 aliphatic heterocycles. The zero-order valence-electron chi connectivity index (χ0n) is 11.1. The van der Waals surface area contributed by atoms with Crippen molar-refractivity contribution in [2.75, 3.05) is 6.54 Å². The molecule has 0 saturated carbocycles. The molecule has 0 fully saturated rings. The molecule has 0 radical (unpaired) electrons. The molecule has 1 N–H and O–H groups in total. The minimum Gasteiger partial charge on any atom is -0.311 e. The molecule has 0 bridgehead atoms. The van der Waals surface area contributed by atoms with Gasteiger partial charge in [0, 0.05) is 12.2 Å². The Kier molecular flexibility index (Phi) is 4.04. The van der Waals surface area contributed by atoms with Gasteiger partial charge in [0.25, 0.3) is 0 Å². The summed E-state index contributed by atoms with van der Waals surface area (Å²) in [5.41, 5.74) is 3.08. The minimum atomic E-state index is 0.767. The lowest BCUT2D eigenvalue weighted by Gasteiger charge is -2.05. The van der Waals surface area contributed by atoms with Gasteiger partial charge < -0.3 is 5.32 Å². The third-order valence-corrected chi connectivity index (χ3v) is 2.94. The Bertz CT molecular complexity index is 501. The van der Waals surface area contributed by atoms with Crippen molar-refractivity contribution in [2.24, 2.45) is 0 Å². The SMILES string of the molecule is CCCNCc1ccc(-n2cnc(C)c2C)nn1. The van der Waals surface area contributed by atoms with Gasteiger partial charge in [-0.05, 0) is 38.9 Å². The normalized spacial score (nSPS) is 10.8. The number of nitrogens with zero attached hydrogens (tertiary/aromatic N) is 4. The maximum atomic E-state index is 4.26. The van der Waals surface area contributed by atoms with E-state index in [4.69, 9.17) is 0 Å². The van der Waals surface area contributed by atoms with Crippen molar-refractivity contribution in [3.05, 3.63) is 35.5 Å². The molecule has 2 aromatic heterocycles. The Morgan fingerprint density at radius 3 is 2.61 bits per heavy atom. The third-order valence-electron chi connectivity index (χ3n) is 2.94. The summed E-state index contributed by atoms with van der Waals surface area (Å²) in [4.78, 5) is 4.26. The van der Waals surface area contributed by atoms with Gasteiger partial charge in [-0.25, -0.2) is 4.98 Å². The lowest BCUT2D eigenvalue weighted by molar-refractivity contribution is 0.655. The summed E-state index contributed by atoms with van der Waals surface area (Å²) >= 11 is 0. The quantitative estimate of drug-likeness (QED) is 0.816. The van der Waals surface area contributed by atoms with E-state index in [-0.39, 0.29) is 0 Å². The number of hydrogen-bond donors (Lipinski definition) is 1. The van der Waals surface area contributed by atoms with E-state index in [0.717, 1.165) is 42.4 Å². The van der Waals surface area contributed by atoms with E-state index < -0.39 is 0 Å². The second-order valence-electron chi connectivity index (χ2n) is 4.35. The first-order chi connectivity index (χ1) is 8.72. The van der Waals surface area contributed by atoms with Crippen molar-refractivity contribution in [1.82, 2.24) is 25.1 Å². The minimum absolute atomic E-state index is 0.767. The lowest BCUT2D eigenvalue weighted by Crippen LogP contribution is -2.15. The highest BCUT2D eigenvalue weighted by Gasteiger charge is 2.05. The Hall–Kier alpha value is -1.75. The standard InChI is InChI=1S/C13H19N5/c1-4-7-14-8-12-5-6-13(17-16-12)18-9-15-10(2)11(18)3/h5-6,9,14H,4,7-8H2,1-3H3. The number of aromatic nitrogens is 4. The highest BCUT2D eigenvalue weighted by molar-refractivity contribution is 5.27. The van der Waals surface area contributed by atoms with Crippen LogP contribution in [0.4, 0.5) is 0 Å². The molecule has 0 aliphatic rings. The molecule has 0 amide bonds. The van der Waals surface area contributed by atoms with Crippen LogP contribution < -0.4 is 5.32 Å². The molecule has 0 unspecified atom stereocenters. The van der Waals surface area contributed by atoms with E-state index in [2.05, 4.69) is 27.4 Å². The van der Waals surface area contributed by atoms with Crippen molar-refractivity contribution in [2.45, 2.75) is 33.7 Å². The summed E-state index contributed by atoms with van der Waals surface area (Å²) in [6.45, 7) is 7.93. The van der Waals surface area contributed by atoms with Crippen molar-refractivity contribution in [3.8, 4) is 5.82 Å². The van der Waals surface area contributed by atoms with Gasteiger partial charge in [0.1, 0.15) is 6.33 Å². The predicted molar refractivity (Wildman–Crippen MR) is 70.6 cm³/mol. The first-order valence-electron chi connectivity index (χ1n) is 6.26. The maximum Gasteiger partial charge on any atom is 0.160 e. The number of imidazole rings is 1. The van der Waals surface area contributed by atoms with Crippen LogP contribution in [0, 0.1) is 13.8 Å². The van der Waals surface area contributed by atoms with E-state index in [1.54, 1.807) is 6.33 Å². The Balaban J connectivity index is 2.10. The highest BCUT2D eigenvalue weighted by atomic mass is 15.2. The zero-order valence-corrected chi connectivity index (χ0v) is 11.1. The fraction of sp³-hybridized carbons (Fsp3) is 0.462. The number of aryl methyl sites for hydroxylation is 1. The Morgan fingerprint density at radius 1 is 1.22 bits per heavy atom. The molecule has 5 heteroatoms. The lowest BCUT2D eigenvalue weighted by atomic mass is 10.3. The molecule has 0 saturated heterocycles. The largest absolute Gasteiger partial charge is 0.311 e. The van der Waals surface area contributed by atoms with Gasteiger partial charge in [-0.2, -0.15) is 5.10 Å². The summed E-state index contributed by atoms with van der Waals surface area (Å²) in [7, 11) is 0. The second kappa shape index (κ2) is 5.73. The van der Waals surface area contributed by atoms with Gasteiger partial charge in [0.15, 0.2) is 5.82 Å². The summed E-state index contributed by atoms with van der Waals surface area (Å²) in [6, 6.07) is 3.98. The van der Waals surface area contributed by atoms with Crippen molar-refractivity contribution < 1.29 is 0 Å². The highest BCUT2D eigenvalue weighted by Crippen LogP contribution is 2.10. The molecule has 5 nitrogen and oxygen atoms in total. The third kappa shape index (κ3) is 2.73. The zero-order chi connectivity index (χ0) is 13.0. The monoisotopic (exact) mass is 245 g/mol. The summed E-state index contributed by atoms with van der Waals surface area (Å²) in [6.07, 6.45) is 2.91. The van der Waals surface area contributed by atoms with Crippen molar-refractivity contribution in [1.29, 1.82) is 0 Å². The van der Waals surface area contributed by atoms with Crippen molar-refractivity contribution in [3.63, 3.8) is 0 Å². The molecule has 96 valence electrons. The average molecular weight is 245 g/mol. The molecule has 0 spiro atoms. The predicted octanol–water partition coefficient (Wildman–Crippen LogP) is 1.78. The van der Waals surface area contributed by atoms with Gasteiger partial charge >= 0.3 is 0 Å². The van der Waals surface area contributed by atoms with Gasteiger partial charge in [0.2, 0.25) is 0 Å². The number of rotatable bonds is 5. The molecule has 0 aliphatic carbocycles. The van der Waals surface area contributed by atoms with Crippen LogP contribution in [-0.2, 0) is 6.54 Å². The number of hydrogen-bond acceptors (Lipinski definition) is 4. The van der Waals surface area contributed by atoms with Crippen LogP contribution in [0.25, 0.3) is 5.82 Å². The van der Waals surface area contributed by atoms with Crippen LogP contribution in [0.1, 0.15) is 30.4 Å². The maximum absolute atomic E-state index is 4.26. The fourth-order valence-corrected chi connectivity index (χ4v) is 1.70. The van der Waals surface area contributed by atoms with E-state index >= 15 is 0 Å². The van der Waals surface area contributed by atoms with Crippen LogP contribution in [0.2, 0.25) is 0 Å². The summed E-state index contributed by atoms with van der Waals surface area (Å²) in [5, 5.41) is 11.8. The smallest absolute Gasteiger partial charge is 0.160 e.